The molecule has 2 amide bonds. The van der Waals surface area contributed by atoms with Gasteiger partial charge in [-0.2, -0.15) is 0 Å². The van der Waals surface area contributed by atoms with E-state index in [9.17, 15) is 14.4 Å². The standard InChI is InChI=1S/C33H37N3O7/c1-20(37)35-25-12-10-22-16-28(40-2)32(41-3)33(42-4)31(22)23-11-13-26(27(38)17-24(23)25)34-18-30(39)36-14-15-43-29(19-36)21-8-6-5-7-9-21/h5-9,11,13,16-17,25,29H,10,12,14-15,18-19H2,1-4H3,(H,34,38)(H,35,37). The van der Waals surface area contributed by atoms with Crippen LogP contribution < -0.4 is 30.3 Å². The number of nitrogens with zero attached hydrogens (tertiary/aromatic N) is 1. The van der Waals surface area contributed by atoms with Crippen LogP contribution in [0.15, 0.2) is 59.4 Å². The van der Waals surface area contributed by atoms with Crippen LogP contribution in [0.5, 0.6) is 17.2 Å². The SMILES string of the molecule is COc1cc2c(c(OC)c1OC)-c1ccc(NCC(=O)N3CCOC(c4ccccc4)C3)c(=O)cc1C(NC(C)=O)CC2. The van der Waals surface area contributed by atoms with Crippen LogP contribution in [-0.2, 0) is 20.7 Å². The van der Waals surface area contributed by atoms with E-state index >= 15 is 0 Å². The van der Waals surface area contributed by atoms with Crippen molar-refractivity contribution in [2.75, 3.05) is 52.9 Å². The van der Waals surface area contributed by atoms with E-state index in [1.165, 1.54) is 13.0 Å². The molecule has 0 spiro atoms. The zero-order valence-corrected chi connectivity index (χ0v) is 24.9. The van der Waals surface area contributed by atoms with Crippen molar-refractivity contribution in [2.24, 2.45) is 0 Å². The Hall–Kier alpha value is -4.57. The van der Waals surface area contributed by atoms with Crippen LogP contribution in [0.25, 0.3) is 11.1 Å². The molecule has 2 unspecified atom stereocenters. The lowest BCUT2D eigenvalue weighted by atomic mass is 9.95. The molecule has 0 bridgehead atoms. The van der Waals surface area contributed by atoms with Crippen molar-refractivity contribution in [2.45, 2.75) is 31.9 Å². The molecule has 2 N–H and O–H groups in total. The number of carbonyl (C=O) groups excluding carboxylic acids is 2. The van der Waals surface area contributed by atoms with Crippen LogP contribution in [0.4, 0.5) is 5.69 Å². The molecule has 0 aromatic heterocycles. The predicted octanol–water partition coefficient (Wildman–Crippen LogP) is 3.88. The van der Waals surface area contributed by atoms with Gasteiger partial charge in [-0.15, -0.1) is 0 Å². The fourth-order valence-corrected chi connectivity index (χ4v) is 5.88. The third-order valence-corrected chi connectivity index (χ3v) is 7.94. The number of fused-ring (bicyclic) bond motifs is 3. The van der Waals surface area contributed by atoms with Crippen molar-refractivity contribution in [3.63, 3.8) is 0 Å². The van der Waals surface area contributed by atoms with Crippen molar-refractivity contribution in [3.8, 4) is 28.4 Å². The summed E-state index contributed by atoms with van der Waals surface area (Å²) in [4.78, 5) is 40.7. The van der Waals surface area contributed by atoms with Gasteiger partial charge in [0.25, 0.3) is 0 Å². The molecular formula is C33H37N3O7. The number of morpholine rings is 1. The number of carbonyl (C=O) groups is 2. The molecule has 2 atom stereocenters. The molecular weight excluding hydrogens is 550 g/mol. The second kappa shape index (κ2) is 13.2. The predicted molar refractivity (Wildman–Crippen MR) is 163 cm³/mol. The molecule has 1 saturated heterocycles. The number of amides is 2. The van der Waals surface area contributed by atoms with Gasteiger partial charge in [0.1, 0.15) is 6.10 Å². The second-order valence-electron chi connectivity index (χ2n) is 10.6. The van der Waals surface area contributed by atoms with Crippen LogP contribution in [0, 0.1) is 0 Å². The minimum atomic E-state index is -0.417. The normalized spacial score (nSPS) is 17.5. The summed E-state index contributed by atoms with van der Waals surface area (Å²) in [5.74, 6) is 1.11. The molecule has 5 rings (SSSR count). The summed E-state index contributed by atoms with van der Waals surface area (Å²) in [7, 11) is 4.67. The molecule has 1 fully saturated rings. The zero-order chi connectivity index (χ0) is 30.5. The summed E-state index contributed by atoms with van der Waals surface area (Å²) in [6, 6.07) is 16.4. The lowest BCUT2D eigenvalue weighted by Gasteiger charge is -2.33. The number of methoxy groups -OCH3 is 3. The molecule has 0 radical (unpaired) electrons. The molecule has 0 saturated carbocycles. The van der Waals surface area contributed by atoms with E-state index in [0.717, 1.165) is 22.3 Å². The summed E-state index contributed by atoms with van der Waals surface area (Å²) in [6.45, 7) is 2.76. The number of aryl methyl sites for hydroxylation is 1. The van der Waals surface area contributed by atoms with Crippen LogP contribution in [0.2, 0.25) is 0 Å². The molecule has 10 heteroatoms. The average Bonchev–Trinajstić information content (AvgIpc) is 3.27. The Morgan fingerprint density at radius 2 is 1.77 bits per heavy atom. The number of hydrogen-bond donors (Lipinski definition) is 2. The average molecular weight is 588 g/mol. The summed E-state index contributed by atoms with van der Waals surface area (Å²) in [6.07, 6.45) is 0.963. The van der Waals surface area contributed by atoms with E-state index in [0.29, 0.717) is 55.4 Å². The smallest absolute Gasteiger partial charge is 0.242 e. The number of benzene rings is 2. The van der Waals surface area contributed by atoms with Crippen molar-refractivity contribution < 1.29 is 28.5 Å². The van der Waals surface area contributed by atoms with Crippen LogP contribution in [0.1, 0.15) is 42.2 Å². The van der Waals surface area contributed by atoms with Gasteiger partial charge in [0, 0.05) is 19.0 Å². The van der Waals surface area contributed by atoms with Crippen molar-refractivity contribution in [1.82, 2.24) is 10.2 Å². The first-order valence-electron chi connectivity index (χ1n) is 14.3. The Morgan fingerprint density at radius 1 is 1.00 bits per heavy atom. The van der Waals surface area contributed by atoms with Gasteiger partial charge in [-0.25, -0.2) is 0 Å². The van der Waals surface area contributed by atoms with E-state index < -0.39 is 6.04 Å². The maximum absolute atomic E-state index is 13.6. The van der Waals surface area contributed by atoms with Crippen LogP contribution in [-0.4, -0.2) is 64.3 Å². The zero-order valence-electron chi connectivity index (χ0n) is 24.9. The highest BCUT2D eigenvalue weighted by Crippen LogP contribution is 2.50. The summed E-state index contributed by atoms with van der Waals surface area (Å²) in [5, 5.41) is 6.07. The molecule has 226 valence electrons. The minimum Gasteiger partial charge on any atom is -0.493 e. The lowest BCUT2D eigenvalue weighted by Crippen LogP contribution is -2.44. The van der Waals surface area contributed by atoms with E-state index in [1.807, 2.05) is 42.5 Å². The maximum atomic E-state index is 13.6. The first kappa shape index (κ1) is 29.9. The maximum Gasteiger partial charge on any atom is 0.242 e. The first-order valence-corrected chi connectivity index (χ1v) is 14.3. The van der Waals surface area contributed by atoms with Gasteiger partial charge in [-0.05, 0) is 53.3 Å². The molecule has 3 aromatic rings. The highest BCUT2D eigenvalue weighted by atomic mass is 16.5. The van der Waals surface area contributed by atoms with Gasteiger partial charge in [-0.3, -0.25) is 14.4 Å². The Balaban J connectivity index is 1.48. The fourth-order valence-electron chi connectivity index (χ4n) is 5.88. The molecule has 1 aliphatic heterocycles. The van der Waals surface area contributed by atoms with Crippen molar-refractivity contribution in [3.05, 3.63) is 81.5 Å². The summed E-state index contributed by atoms with van der Waals surface area (Å²) >= 11 is 0. The molecule has 1 aliphatic carbocycles. The van der Waals surface area contributed by atoms with Gasteiger partial charge < -0.3 is 34.5 Å². The van der Waals surface area contributed by atoms with E-state index in [2.05, 4.69) is 10.6 Å². The monoisotopic (exact) mass is 587 g/mol. The van der Waals surface area contributed by atoms with E-state index in [-0.39, 0.29) is 35.6 Å². The highest BCUT2D eigenvalue weighted by Gasteiger charge is 2.30. The topological polar surface area (TPSA) is 115 Å². The molecule has 3 aromatic carbocycles. The van der Waals surface area contributed by atoms with E-state index in [4.69, 9.17) is 18.9 Å². The third kappa shape index (κ3) is 6.29. The number of anilines is 1. The molecule has 2 aliphatic rings. The van der Waals surface area contributed by atoms with E-state index in [1.54, 1.807) is 32.3 Å². The fraction of sp³-hybridized carbons (Fsp3) is 0.364. The van der Waals surface area contributed by atoms with Crippen LogP contribution in [0.3, 0.4) is 0 Å². The number of hydrogen-bond acceptors (Lipinski definition) is 8. The Morgan fingerprint density at radius 3 is 2.47 bits per heavy atom. The Bertz CT molecular complexity index is 1560. The molecule has 10 nitrogen and oxygen atoms in total. The number of ether oxygens (including phenoxy) is 4. The minimum absolute atomic E-state index is 0.0501. The molecule has 1 heterocycles. The first-order chi connectivity index (χ1) is 20.8. The summed E-state index contributed by atoms with van der Waals surface area (Å²) in [5.41, 5.74) is 4.08. The number of nitrogens with one attached hydrogen (secondary N) is 2. The Kier molecular flexibility index (Phi) is 9.16. The molecule has 43 heavy (non-hydrogen) atoms. The third-order valence-electron chi connectivity index (χ3n) is 7.94. The Labute approximate surface area is 250 Å². The summed E-state index contributed by atoms with van der Waals surface area (Å²) < 4.78 is 23.0. The van der Waals surface area contributed by atoms with Crippen LogP contribution >= 0.6 is 0 Å². The van der Waals surface area contributed by atoms with Gasteiger partial charge in [0.05, 0.1) is 52.8 Å². The van der Waals surface area contributed by atoms with Gasteiger partial charge in [-0.1, -0.05) is 36.4 Å². The lowest BCUT2D eigenvalue weighted by molar-refractivity contribution is -0.137. The number of rotatable bonds is 8. The van der Waals surface area contributed by atoms with Gasteiger partial charge in [0.2, 0.25) is 23.0 Å². The quantitative estimate of drug-likeness (QED) is 0.408. The second-order valence-corrected chi connectivity index (χ2v) is 10.6. The van der Waals surface area contributed by atoms with Crippen molar-refractivity contribution >= 4 is 17.5 Å². The largest absolute Gasteiger partial charge is 0.493 e. The van der Waals surface area contributed by atoms with Gasteiger partial charge >= 0.3 is 0 Å². The highest BCUT2D eigenvalue weighted by molar-refractivity contribution is 5.84. The van der Waals surface area contributed by atoms with Gasteiger partial charge in [0.15, 0.2) is 11.5 Å². The van der Waals surface area contributed by atoms with Crippen molar-refractivity contribution in [1.29, 1.82) is 0 Å².